The molecule has 0 fully saturated rings. The number of carbonyl (C=O) groups is 1. The summed E-state index contributed by atoms with van der Waals surface area (Å²) >= 11 is 0. The predicted octanol–water partition coefficient (Wildman–Crippen LogP) is 2.85. The molecular weight excluding hydrogens is 160 g/mol. The van der Waals surface area contributed by atoms with E-state index in [-0.39, 0.29) is 0 Å². The lowest BCUT2D eigenvalue weighted by atomic mass is 10.0. The Balaban J connectivity index is 2.95. The van der Waals surface area contributed by atoms with Gasteiger partial charge in [0.2, 0.25) is 0 Å². The van der Waals surface area contributed by atoms with Crippen LogP contribution in [0, 0.1) is 0 Å². The van der Waals surface area contributed by atoms with E-state index in [0.717, 1.165) is 23.8 Å². The molecule has 0 spiro atoms. The monoisotopic (exact) mass is 172 g/mol. The summed E-state index contributed by atoms with van der Waals surface area (Å²) in [6, 6.07) is 9.84. The maximum Gasteiger partial charge on any atom is 0.143 e. The lowest BCUT2D eigenvalue weighted by Gasteiger charge is -2.02. The third-order valence-corrected chi connectivity index (χ3v) is 1.78. The molecule has 0 heterocycles. The van der Waals surface area contributed by atoms with E-state index >= 15 is 0 Å². The number of benzene rings is 1. The Morgan fingerprint density at radius 2 is 2.00 bits per heavy atom. The normalized spacial score (nSPS) is 10.9. The van der Waals surface area contributed by atoms with Crippen molar-refractivity contribution in [2.45, 2.75) is 6.42 Å². The SMILES string of the molecule is C=CC/C(=C\C=O)c1ccccc1. The zero-order valence-electron chi connectivity index (χ0n) is 7.44. The largest absolute Gasteiger partial charge is 0.299 e. The zero-order chi connectivity index (χ0) is 9.52. The summed E-state index contributed by atoms with van der Waals surface area (Å²) < 4.78 is 0. The first-order chi connectivity index (χ1) is 6.38. The summed E-state index contributed by atoms with van der Waals surface area (Å²) in [6.07, 6.45) is 4.91. The summed E-state index contributed by atoms with van der Waals surface area (Å²) in [5, 5.41) is 0. The van der Waals surface area contributed by atoms with Crippen molar-refractivity contribution in [3.05, 3.63) is 54.6 Å². The third-order valence-electron chi connectivity index (χ3n) is 1.78. The lowest BCUT2D eigenvalue weighted by molar-refractivity contribution is -0.104. The molecule has 0 aromatic heterocycles. The van der Waals surface area contributed by atoms with Crippen LogP contribution in [0.1, 0.15) is 12.0 Å². The quantitative estimate of drug-likeness (QED) is 0.388. The second-order valence-electron chi connectivity index (χ2n) is 2.69. The zero-order valence-corrected chi connectivity index (χ0v) is 7.44. The van der Waals surface area contributed by atoms with Crippen LogP contribution in [0.15, 0.2) is 49.1 Å². The van der Waals surface area contributed by atoms with Crippen molar-refractivity contribution in [3.8, 4) is 0 Å². The Morgan fingerprint density at radius 3 is 2.54 bits per heavy atom. The van der Waals surface area contributed by atoms with E-state index in [0.29, 0.717) is 0 Å². The van der Waals surface area contributed by atoms with Crippen LogP contribution in [0.3, 0.4) is 0 Å². The second-order valence-corrected chi connectivity index (χ2v) is 2.69. The fourth-order valence-electron chi connectivity index (χ4n) is 1.17. The summed E-state index contributed by atoms with van der Waals surface area (Å²) in [5.74, 6) is 0. The molecule has 0 saturated carbocycles. The third kappa shape index (κ3) is 2.71. The van der Waals surface area contributed by atoms with Crippen molar-refractivity contribution in [2.24, 2.45) is 0 Å². The van der Waals surface area contributed by atoms with Gasteiger partial charge in [-0.1, -0.05) is 36.4 Å². The Hall–Kier alpha value is -1.63. The minimum Gasteiger partial charge on any atom is -0.299 e. The first-order valence-electron chi connectivity index (χ1n) is 4.19. The summed E-state index contributed by atoms with van der Waals surface area (Å²) in [4.78, 5) is 10.4. The summed E-state index contributed by atoms with van der Waals surface area (Å²) in [6.45, 7) is 3.65. The highest BCUT2D eigenvalue weighted by molar-refractivity contribution is 5.81. The molecule has 1 nitrogen and oxygen atoms in total. The molecule has 0 unspecified atom stereocenters. The van der Waals surface area contributed by atoms with Gasteiger partial charge in [0.15, 0.2) is 0 Å². The van der Waals surface area contributed by atoms with Gasteiger partial charge in [-0.25, -0.2) is 0 Å². The predicted molar refractivity (Wildman–Crippen MR) is 55.3 cm³/mol. The topological polar surface area (TPSA) is 17.1 Å². The van der Waals surface area contributed by atoms with E-state index in [4.69, 9.17) is 0 Å². The molecular formula is C12H12O. The van der Waals surface area contributed by atoms with Crippen molar-refractivity contribution in [3.63, 3.8) is 0 Å². The summed E-state index contributed by atoms with van der Waals surface area (Å²) in [5.41, 5.74) is 2.08. The van der Waals surface area contributed by atoms with Crippen LogP contribution < -0.4 is 0 Å². The van der Waals surface area contributed by atoms with Crippen molar-refractivity contribution in [1.82, 2.24) is 0 Å². The van der Waals surface area contributed by atoms with E-state index < -0.39 is 0 Å². The molecule has 1 rings (SSSR count). The standard InChI is InChI=1S/C12H12O/c1-2-6-11(9-10-13)12-7-4-3-5-8-12/h2-5,7-10H,1,6H2/b11-9+. The van der Waals surface area contributed by atoms with Crippen molar-refractivity contribution in [2.75, 3.05) is 0 Å². The van der Waals surface area contributed by atoms with Gasteiger partial charge in [-0.15, -0.1) is 6.58 Å². The number of carbonyl (C=O) groups excluding carboxylic acids is 1. The van der Waals surface area contributed by atoms with Gasteiger partial charge in [-0.2, -0.15) is 0 Å². The number of allylic oxidation sites excluding steroid dienone is 3. The minimum absolute atomic E-state index is 0.725. The minimum atomic E-state index is 0.725. The molecule has 13 heavy (non-hydrogen) atoms. The molecule has 0 saturated heterocycles. The van der Waals surface area contributed by atoms with Crippen molar-refractivity contribution >= 4 is 11.9 Å². The van der Waals surface area contributed by atoms with Gasteiger partial charge < -0.3 is 0 Å². The van der Waals surface area contributed by atoms with E-state index in [2.05, 4.69) is 6.58 Å². The van der Waals surface area contributed by atoms with Gasteiger partial charge in [0.1, 0.15) is 6.29 Å². The molecule has 0 aliphatic rings. The fraction of sp³-hybridized carbons (Fsp3) is 0.0833. The molecule has 1 heteroatoms. The van der Waals surface area contributed by atoms with Gasteiger partial charge in [-0.05, 0) is 23.6 Å². The van der Waals surface area contributed by atoms with Crippen LogP contribution in [-0.2, 0) is 4.79 Å². The van der Waals surface area contributed by atoms with Crippen LogP contribution >= 0.6 is 0 Å². The molecule has 0 amide bonds. The smallest absolute Gasteiger partial charge is 0.143 e. The van der Waals surface area contributed by atoms with Crippen molar-refractivity contribution in [1.29, 1.82) is 0 Å². The maximum absolute atomic E-state index is 10.4. The average molecular weight is 172 g/mol. The molecule has 0 radical (unpaired) electrons. The van der Waals surface area contributed by atoms with Crippen LogP contribution in [0.25, 0.3) is 5.57 Å². The highest BCUT2D eigenvalue weighted by Crippen LogP contribution is 2.17. The average Bonchev–Trinajstić information content (AvgIpc) is 2.19. The maximum atomic E-state index is 10.4. The lowest BCUT2D eigenvalue weighted by Crippen LogP contribution is -1.82. The first-order valence-corrected chi connectivity index (χ1v) is 4.19. The Morgan fingerprint density at radius 1 is 1.31 bits per heavy atom. The Kier molecular flexibility index (Phi) is 3.71. The molecule has 0 N–H and O–H groups in total. The molecule has 0 atom stereocenters. The molecule has 1 aromatic carbocycles. The number of aldehydes is 1. The molecule has 0 aliphatic carbocycles. The molecule has 66 valence electrons. The van der Waals surface area contributed by atoms with Crippen LogP contribution in [0.4, 0.5) is 0 Å². The number of hydrogen-bond acceptors (Lipinski definition) is 1. The highest BCUT2D eigenvalue weighted by atomic mass is 16.1. The number of hydrogen-bond donors (Lipinski definition) is 0. The van der Waals surface area contributed by atoms with Gasteiger partial charge in [0, 0.05) is 0 Å². The second kappa shape index (κ2) is 5.09. The Bertz CT molecular complexity index is 309. The van der Waals surface area contributed by atoms with Gasteiger partial charge in [0.05, 0.1) is 0 Å². The van der Waals surface area contributed by atoms with Gasteiger partial charge in [-0.3, -0.25) is 4.79 Å². The molecule has 0 aliphatic heterocycles. The molecule has 1 aromatic rings. The number of rotatable bonds is 4. The van der Waals surface area contributed by atoms with E-state index in [1.165, 1.54) is 0 Å². The Labute approximate surface area is 78.4 Å². The first kappa shape index (κ1) is 9.46. The molecule has 0 bridgehead atoms. The van der Waals surface area contributed by atoms with E-state index in [1.807, 2.05) is 30.3 Å². The van der Waals surface area contributed by atoms with E-state index in [9.17, 15) is 4.79 Å². The highest BCUT2D eigenvalue weighted by Gasteiger charge is 1.96. The van der Waals surface area contributed by atoms with Gasteiger partial charge >= 0.3 is 0 Å². The summed E-state index contributed by atoms with van der Waals surface area (Å²) in [7, 11) is 0. The van der Waals surface area contributed by atoms with Gasteiger partial charge in [0.25, 0.3) is 0 Å². The van der Waals surface area contributed by atoms with Crippen molar-refractivity contribution < 1.29 is 4.79 Å². The van der Waals surface area contributed by atoms with Crippen LogP contribution in [0.5, 0.6) is 0 Å². The van der Waals surface area contributed by atoms with Crippen LogP contribution in [-0.4, -0.2) is 6.29 Å². The van der Waals surface area contributed by atoms with Crippen LogP contribution in [0.2, 0.25) is 0 Å². The fourth-order valence-corrected chi connectivity index (χ4v) is 1.17. The van der Waals surface area contributed by atoms with E-state index in [1.54, 1.807) is 12.2 Å².